The van der Waals surface area contributed by atoms with Crippen LogP contribution in [0, 0.1) is 24.0 Å². The summed E-state index contributed by atoms with van der Waals surface area (Å²) in [5.74, 6) is -0.325. The fourth-order valence-corrected chi connectivity index (χ4v) is 1.69. The van der Waals surface area contributed by atoms with Crippen LogP contribution in [0.1, 0.15) is 21.6 Å². The van der Waals surface area contributed by atoms with Crippen LogP contribution in [0.4, 0.5) is 11.6 Å². The van der Waals surface area contributed by atoms with Crippen molar-refractivity contribution in [2.75, 3.05) is 5.32 Å². The number of rotatable bonds is 3. The molecular weight excluding hydrogens is 286 g/mol. The van der Waals surface area contributed by atoms with E-state index in [0.717, 1.165) is 6.07 Å². The number of benzene rings is 1. The van der Waals surface area contributed by atoms with Gasteiger partial charge in [0.15, 0.2) is 0 Å². The third-order valence-corrected chi connectivity index (χ3v) is 3.11. The molecule has 0 radical (unpaired) electrons. The van der Waals surface area contributed by atoms with E-state index < -0.39 is 10.8 Å². The Morgan fingerprint density at radius 1 is 1.45 bits per heavy atom. The Bertz CT molecular complexity index is 696. The summed E-state index contributed by atoms with van der Waals surface area (Å²) in [6, 6.07) is 3.80. The molecule has 0 saturated heterocycles. The fourth-order valence-electron chi connectivity index (χ4n) is 1.50. The van der Waals surface area contributed by atoms with Crippen LogP contribution in [-0.4, -0.2) is 16.0 Å². The summed E-state index contributed by atoms with van der Waals surface area (Å²) in [6.45, 7) is 3.48. The average molecular weight is 296 g/mol. The normalized spacial score (nSPS) is 10.3. The second-order valence-corrected chi connectivity index (χ2v) is 4.51. The van der Waals surface area contributed by atoms with Crippen LogP contribution in [0.2, 0.25) is 5.02 Å². The van der Waals surface area contributed by atoms with Gasteiger partial charge in [-0.2, -0.15) is 0 Å². The number of halogens is 1. The highest BCUT2D eigenvalue weighted by molar-refractivity contribution is 6.32. The largest absolute Gasteiger partial charge is 0.338 e. The van der Waals surface area contributed by atoms with Crippen LogP contribution < -0.4 is 5.32 Å². The van der Waals surface area contributed by atoms with E-state index in [1.54, 1.807) is 13.8 Å². The van der Waals surface area contributed by atoms with Gasteiger partial charge in [0.2, 0.25) is 5.88 Å². The summed E-state index contributed by atoms with van der Waals surface area (Å²) >= 11 is 5.68. The van der Waals surface area contributed by atoms with E-state index >= 15 is 0 Å². The van der Waals surface area contributed by atoms with E-state index in [4.69, 9.17) is 16.1 Å². The highest BCUT2D eigenvalue weighted by Gasteiger charge is 2.18. The zero-order chi connectivity index (χ0) is 14.9. The van der Waals surface area contributed by atoms with E-state index in [9.17, 15) is 14.9 Å². The number of aromatic nitrogens is 1. The van der Waals surface area contributed by atoms with Crippen molar-refractivity contribution in [2.24, 2.45) is 0 Å². The number of anilines is 1. The summed E-state index contributed by atoms with van der Waals surface area (Å²) < 4.78 is 4.95. The minimum absolute atomic E-state index is 0.0294. The van der Waals surface area contributed by atoms with Crippen LogP contribution in [0.25, 0.3) is 0 Å². The first-order chi connectivity index (χ1) is 9.40. The van der Waals surface area contributed by atoms with Crippen LogP contribution in [-0.2, 0) is 0 Å². The first kappa shape index (κ1) is 14.0. The SMILES string of the molecule is Cc1noc(NC(=O)c2ccc(Cl)c([N+](=O)[O-])c2)c1C. The van der Waals surface area contributed by atoms with Crippen molar-refractivity contribution in [1.29, 1.82) is 0 Å². The van der Waals surface area contributed by atoms with Crippen molar-refractivity contribution in [3.05, 3.63) is 50.2 Å². The van der Waals surface area contributed by atoms with Crippen LogP contribution in [0.3, 0.4) is 0 Å². The molecular formula is C12H10ClN3O4. The molecule has 1 aromatic carbocycles. The van der Waals surface area contributed by atoms with Crippen molar-refractivity contribution in [2.45, 2.75) is 13.8 Å². The van der Waals surface area contributed by atoms with Crippen LogP contribution in [0.15, 0.2) is 22.7 Å². The topological polar surface area (TPSA) is 98.3 Å². The Morgan fingerprint density at radius 3 is 2.70 bits per heavy atom. The highest BCUT2D eigenvalue weighted by atomic mass is 35.5. The van der Waals surface area contributed by atoms with Gasteiger partial charge in [0.1, 0.15) is 5.02 Å². The Balaban J connectivity index is 2.28. The summed E-state index contributed by atoms with van der Waals surface area (Å²) in [7, 11) is 0. The van der Waals surface area contributed by atoms with Crippen LogP contribution in [0.5, 0.6) is 0 Å². The van der Waals surface area contributed by atoms with Crippen LogP contribution >= 0.6 is 11.6 Å². The Labute approximate surface area is 118 Å². The Kier molecular flexibility index (Phi) is 3.71. The molecule has 20 heavy (non-hydrogen) atoms. The maximum absolute atomic E-state index is 12.0. The first-order valence-electron chi connectivity index (χ1n) is 5.58. The molecule has 0 unspecified atom stereocenters. The van der Waals surface area contributed by atoms with Gasteiger partial charge >= 0.3 is 0 Å². The molecule has 0 atom stereocenters. The number of hydrogen-bond acceptors (Lipinski definition) is 5. The zero-order valence-electron chi connectivity index (χ0n) is 10.6. The summed E-state index contributed by atoms with van der Waals surface area (Å²) in [5.41, 5.74) is 1.13. The van der Waals surface area contributed by atoms with Gasteiger partial charge in [-0.3, -0.25) is 20.2 Å². The molecule has 0 aliphatic rings. The molecule has 0 aliphatic carbocycles. The molecule has 0 spiro atoms. The minimum atomic E-state index is -0.650. The standard InChI is InChI=1S/C12H10ClN3O4/c1-6-7(2)15-20-12(6)14-11(17)8-3-4-9(13)10(5-8)16(18)19/h3-5H,1-2H3,(H,14,17). The second-order valence-electron chi connectivity index (χ2n) is 4.10. The number of aryl methyl sites for hydroxylation is 1. The van der Waals surface area contributed by atoms with Gasteiger partial charge in [-0.1, -0.05) is 16.8 Å². The number of nitrogens with one attached hydrogen (secondary N) is 1. The number of carbonyl (C=O) groups excluding carboxylic acids is 1. The van der Waals surface area contributed by atoms with E-state index in [-0.39, 0.29) is 22.2 Å². The molecule has 8 heteroatoms. The summed E-state index contributed by atoms with van der Waals surface area (Å²) in [6.07, 6.45) is 0. The third kappa shape index (κ3) is 2.62. The van der Waals surface area contributed by atoms with Crippen molar-refractivity contribution < 1.29 is 14.2 Å². The van der Waals surface area contributed by atoms with Crippen molar-refractivity contribution in [1.82, 2.24) is 5.16 Å². The number of amides is 1. The van der Waals surface area contributed by atoms with Gasteiger partial charge in [0, 0.05) is 17.2 Å². The third-order valence-electron chi connectivity index (χ3n) is 2.79. The van der Waals surface area contributed by atoms with Gasteiger partial charge in [-0.15, -0.1) is 0 Å². The molecule has 1 N–H and O–H groups in total. The van der Waals surface area contributed by atoms with Gasteiger partial charge in [0.25, 0.3) is 11.6 Å². The van der Waals surface area contributed by atoms with Crippen molar-refractivity contribution in [3.8, 4) is 0 Å². The number of carbonyl (C=O) groups is 1. The average Bonchev–Trinajstić information content (AvgIpc) is 2.71. The number of nitrogens with zero attached hydrogens (tertiary/aromatic N) is 2. The van der Waals surface area contributed by atoms with E-state index in [2.05, 4.69) is 10.5 Å². The van der Waals surface area contributed by atoms with E-state index in [1.807, 2.05) is 0 Å². The quantitative estimate of drug-likeness (QED) is 0.693. The summed E-state index contributed by atoms with van der Waals surface area (Å²) in [5, 5.41) is 16.9. The maximum Gasteiger partial charge on any atom is 0.288 e. The fraction of sp³-hybridized carbons (Fsp3) is 0.167. The monoisotopic (exact) mass is 295 g/mol. The lowest BCUT2D eigenvalue weighted by molar-refractivity contribution is -0.384. The molecule has 1 amide bonds. The molecule has 7 nitrogen and oxygen atoms in total. The smallest absolute Gasteiger partial charge is 0.288 e. The van der Waals surface area contributed by atoms with Gasteiger partial charge in [0.05, 0.1) is 10.6 Å². The summed E-state index contributed by atoms with van der Waals surface area (Å²) in [4.78, 5) is 22.1. The molecule has 0 aliphatic heterocycles. The molecule has 1 aromatic heterocycles. The lowest BCUT2D eigenvalue weighted by atomic mass is 10.2. The van der Waals surface area contributed by atoms with E-state index in [0.29, 0.717) is 11.3 Å². The van der Waals surface area contributed by atoms with Gasteiger partial charge < -0.3 is 4.52 Å². The molecule has 0 fully saturated rings. The lowest BCUT2D eigenvalue weighted by Gasteiger charge is -2.03. The van der Waals surface area contributed by atoms with Gasteiger partial charge in [-0.25, -0.2) is 0 Å². The zero-order valence-corrected chi connectivity index (χ0v) is 11.4. The molecule has 104 valence electrons. The van der Waals surface area contributed by atoms with Crippen molar-refractivity contribution in [3.63, 3.8) is 0 Å². The molecule has 1 heterocycles. The Morgan fingerprint density at radius 2 is 2.15 bits per heavy atom. The number of nitro groups is 1. The maximum atomic E-state index is 12.0. The highest BCUT2D eigenvalue weighted by Crippen LogP contribution is 2.26. The minimum Gasteiger partial charge on any atom is -0.338 e. The number of hydrogen-bond donors (Lipinski definition) is 1. The predicted molar refractivity (Wildman–Crippen MR) is 72.0 cm³/mol. The van der Waals surface area contributed by atoms with E-state index in [1.165, 1.54) is 12.1 Å². The predicted octanol–water partition coefficient (Wildman–Crippen LogP) is 3.11. The number of nitro benzene ring substituents is 1. The lowest BCUT2D eigenvalue weighted by Crippen LogP contribution is -2.12. The Hall–Kier alpha value is -2.41. The molecule has 2 aromatic rings. The molecule has 2 rings (SSSR count). The molecule has 0 bridgehead atoms. The molecule has 0 saturated carbocycles. The second kappa shape index (κ2) is 5.30. The van der Waals surface area contributed by atoms with Gasteiger partial charge in [-0.05, 0) is 26.0 Å². The first-order valence-corrected chi connectivity index (χ1v) is 5.96. The van der Waals surface area contributed by atoms with Crippen molar-refractivity contribution >= 4 is 29.1 Å².